The fourth-order valence-electron chi connectivity index (χ4n) is 0.721. The van der Waals surface area contributed by atoms with Gasteiger partial charge in [0.15, 0.2) is 0 Å². The van der Waals surface area contributed by atoms with E-state index in [4.69, 9.17) is 0 Å². The van der Waals surface area contributed by atoms with Crippen molar-refractivity contribution < 1.29 is 9.53 Å². The topological polar surface area (TPSA) is 26.3 Å². The molecule has 2 nitrogen and oxygen atoms in total. The Kier molecular flexibility index (Phi) is 4.03. The minimum Gasteiger partial charge on any atom is -0.429 e. The van der Waals surface area contributed by atoms with Crippen molar-refractivity contribution in [3.05, 3.63) is 30.3 Å². The maximum atomic E-state index is 9.75. The molecule has 1 aliphatic carbocycles. The van der Waals surface area contributed by atoms with Gasteiger partial charge in [-0.2, -0.15) is 0 Å². The number of para-hydroxylation sites is 1. The predicted octanol–water partition coefficient (Wildman–Crippen LogP) is 2.64. The zero-order valence-electron chi connectivity index (χ0n) is 7.77. The summed E-state index contributed by atoms with van der Waals surface area (Å²) in [5.74, 6) is 1.66. The van der Waals surface area contributed by atoms with Crippen molar-refractivity contribution in [1.29, 1.82) is 0 Å². The van der Waals surface area contributed by atoms with Gasteiger partial charge in [0, 0.05) is 0 Å². The molecule has 1 aromatic carbocycles. The molecule has 1 fully saturated rings. The Morgan fingerprint density at radius 3 is 2.23 bits per heavy atom. The van der Waals surface area contributed by atoms with Crippen LogP contribution in [0.1, 0.15) is 19.8 Å². The number of ether oxygens (including phenoxy) is 1. The molecular formula is C11H14O2. The smallest absolute Gasteiger partial charge is 0.298 e. The van der Waals surface area contributed by atoms with Gasteiger partial charge in [-0.1, -0.05) is 38.0 Å². The number of carbonyl (C=O) groups excluding carboxylic acids is 1. The Bertz CT molecular complexity index is 240. The molecule has 0 heterocycles. The summed E-state index contributed by atoms with van der Waals surface area (Å²) in [5, 5.41) is 0. The first-order chi connectivity index (χ1) is 6.33. The molecule has 1 saturated carbocycles. The standard InChI is InChI=1S/C7H6O2.C4H8/c8-6-9-7-4-2-1-3-5-7;1-4-2-3-4/h1-6H;4H,2-3H2,1H3. The van der Waals surface area contributed by atoms with E-state index in [0.717, 1.165) is 5.92 Å². The van der Waals surface area contributed by atoms with Gasteiger partial charge < -0.3 is 4.74 Å². The molecule has 0 N–H and O–H groups in total. The summed E-state index contributed by atoms with van der Waals surface area (Å²) in [6.45, 7) is 2.69. The minimum absolute atomic E-state index is 0.412. The van der Waals surface area contributed by atoms with E-state index >= 15 is 0 Å². The molecule has 1 aliphatic rings. The molecule has 0 aliphatic heterocycles. The molecule has 0 spiro atoms. The molecule has 0 atom stereocenters. The summed E-state index contributed by atoms with van der Waals surface area (Å²) in [7, 11) is 0. The van der Waals surface area contributed by atoms with Gasteiger partial charge in [0.05, 0.1) is 0 Å². The summed E-state index contributed by atoms with van der Waals surface area (Å²) < 4.78 is 4.53. The second kappa shape index (κ2) is 5.36. The first-order valence-electron chi connectivity index (χ1n) is 4.48. The lowest BCUT2D eigenvalue weighted by atomic mass is 10.3. The highest BCUT2D eigenvalue weighted by atomic mass is 16.5. The zero-order chi connectivity index (χ0) is 9.52. The summed E-state index contributed by atoms with van der Waals surface area (Å²) in [4.78, 5) is 9.75. The van der Waals surface area contributed by atoms with Crippen molar-refractivity contribution in [2.24, 2.45) is 5.92 Å². The highest BCUT2D eigenvalue weighted by Gasteiger charge is 2.12. The van der Waals surface area contributed by atoms with E-state index in [9.17, 15) is 4.79 Å². The van der Waals surface area contributed by atoms with Gasteiger partial charge in [0.1, 0.15) is 5.75 Å². The largest absolute Gasteiger partial charge is 0.429 e. The summed E-state index contributed by atoms with van der Waals surface area (Å²) in [6, 6.07) is 8.90. The highest BCUT2D eigenvalue weighted by molar-refractivity contribution is 5.44. The molecule has 0 bridgehead atoms. The van der Waals surface area contributed by atoms with Crippen LogP contribution in [0, 0.1) is 5.92 Å². The fraction of sp³-hybridized carbons (Fsp3) is 0.364. The third kappa shape index (κ3) is 5.01. The Labute approximate surface area is 78.5 Å². The molecule has 0 amide bonds. The molecule has 0 unspecified atom stereocenters. The van der Waals surface area contributed by atoms with Crippen LogP contribution in [-0.4, -0.2) is 6.47 Å². The van der Waals surface area contributed by atoms with Crippen LogP contribution < -0.4 is 4.74 Å². The SMILES string of the molecule is CC1CC1.O=COc1ccccc1. The number of hydrogen-bond acceptors (Lipinski definition) is 2. The number of rotatable bonds is 2. The van der Waals surface area contributed by atoms with Gasteiger partial charge in [-0.05, 0) is 18.1 Å². The number of hydrogen-bond donors (Lipinski definition) is 0. The second-order valence-corrected chi connectivity index (χ2v) is 3.21. The lowest BCUT2D eigenvalue weighted by Crippen LogP contribution is -1.85. The highest BCUT2D eigenvalue weighted by Crippen LogP contribution is 2.26. The summed E-state index contributed by atoms with van der Waals surface area (Å²) in [5.41, 5.74) is 0. The Hall–Kier alpha value is -1.31. The number of carbonyl (C=O) groups is 1. The Morgan fingerprint density at radius 1 is 1.31 bits per heavy atom. The van der Waals surface area contributed by atoms with E-state index in [-0.39, 0.29) is 0 Å². The lowest BCUT2D eigenvalue weighted by molar-refractivity contribution is -0.120. The first-order valence-corrected chi connectivity index (χ1v) is 4.48. The third-order valence-electron chi connectivity index (χ3n) is 1.79. The van der Waals surface area contributed by atoms with E-state index < -0.39 is 0 Å². The monoisotopic (exact) mass is 178 g/mol. The predicted molar refractivity (Wildman–Crippen MR) is 51.5 cm³/mol. The van der Waals surface area contributed by atoms with Crippen molar-refractivity contribution in [1.82, 2.24) is 0 Å². The van der Waals surface area contributed by atoms with Gasteiger partial charge in [-0.25, -0.2) is 0 Å². The second-order valence-electron chi connectivity index (χ2n) is 3.21. The van der Waals surface area contributed by atoms with Crippen LogP contribution in [0.4, 0.5) is 0 Å². The summed E-state index contributed by atoms with van der Waals surface area (Å²) >= 11 is 0. The van der Waals surface area contributed by atoms with Crippen LogP contribution in [0.25, 0.3) is 0 Å². The molecular weight excluding hydrogens is 164 g/mol. The van der Waals surface area contributed by atoms with E-state index in [0.29, 0.717) is 12.2 Å². The molecule has 2 rings (SSSR count). The Balaban J connectivity index is 0.000000175. The van der Waals surface area contributed by atoms with E-state index in [1.165, 1.54) is 12.8 Å². The molecule has 70 valence electrons. The number of benzene rings is 1. The Morgan fingerprint density at radius 2 is 1.85 bits per heavy atom. The van der Waals surface area contributed by atoms with Crippen LogP contribution in [0.2, 0.25) is 0 Å². The summed E-state index contributed by atoms with van der Waals surface area (Å²) in [6.07, 6.45) is 2.97. The maximum absolute atomic E-state index is 9.75. The molecule has 0 aromatic heterocycles. The van der Waals surface area contributed by atoms with Crippen molar-refractivity contribution in [2.45, 2.75) is 19.8 Å². The third-order valence-corrected chi connectivity index (χ3v) is 1.79. The molecule has 1 aromatic rings. The molecule has 0 radical (unpaired) electrons. The van der Waals surface area contributed by atoms with E-state index in [2.05, 4.69) is 11.7 Å². The van der Waals surface area contributed by atoms with Crippen molar-refractivity contribution in [3.63, 3.8) is 0 Å². The normalized spacial score (nSPS) is 13.9. The lowest BCUT2D eigenvalue weighted by Gasteiger charge is -1.92. The van der Waals surface area contributed by atoms with Crippen LogP contribution in [0.15, 0.2) is 30.3 Å². The van der Waals surface area contributed by atoms with Gasteiger partial charge in [0.2, 0.25) is 0 Å². The quantitative estimate of drug-likeness (QED) is 0.651. The van der Waals surface area contributed by atoms with Crippen molar-refractivity contribution in [3.8, 4) is 5.75 Å². The van der Waals surface area contributed by atoms with E-state index in [1.54, 1.807) is 24.3 Å². The zero-order valence-corrected chi connectivity index (χ0v) is 7.77. The van der Waals surface area contributed by atoms with Gasteiger partial charge >= 0.3 is 0 Å². The van der Waals surface area contributed by atoms with Crippen LogP contribution >= 0.6 is 0 Å². The maximum Gasteiger partial charge on any atom is 0.298 e. The molecule has 13 heavy (non-hydrogen) atoms. The van der Waals surface area contributed by atoms with Gasteiger partial charge in [-0.15, -0.1) is 0 Å². The first kappa shape index (κ1) is 9.78. The fourth-order valence-corrected chi connectivity index (χ4v) is 0.721. The average Bonchev–Trinajstić information content (AvgIpc) is 2.91. The molecule has 2 heteroatoms. The minimum atomic E-state index is 0.412. The molecule has 0 saturated heterocycles. The van der Waals surface area contributed by atoms with Crippen LogP contribution in [-0.2, 0) is 4.79 Å². The van der Waals surface area contributed by atoms with Crippen molar-refractivity contribution >= 4 is 6.47 Å². The van der Waals surface area contributed by atoms with E-state index in [1.807, 2.05) is 6.07 Å². The average molecular weight is 178 g/mol. The van der Waals surface area contributed by atoms with Crippen LogP contribution in [0.3, 0.4) is 0 Å². The van der Waals surface area contributed by atoms with Gasteiger partial charge in [0.25, 0.3) is 6.47 Å². The van der Waals surface area contributed by atoms with Gasteiger partial charge in [-0.3, -0.25) is 4.79 Å². The van der Waals surface area contributed by atoms with Crippen LogP contribution in [0.5, 0.6) is 5.75 Å². The van der Waals surface area contributed by atoms with Crippen molar-refractivity contribution in [2.75, 3.05) is 0 Å².